The Labute approximate surface area is 182 Å². The highest BCUT2D eigenvalue weighted by Gasteiger charge is 2.29. The van der Waals surface area contributed by atoms with Crippen LogP contribution in [0.3, 0.4) is 0 Å². The number of rotatable bonds is 7. The number of carbonyl (C=O) groups is 1. The van der Waals surface area contributed by atoms with Crippen LogP contribution < -0.4 is 14.4 Å². The second kappa shape index (κ2) is 8.36. The number of hydrogen-bond donors (Lipinski definition) is 1. The zero-order valence-corrected chi connectivity index (χ0v) is 17.8. The summed E-state index contributed by atoms with van der Waals surface area (Å²) in [5, 5.41) is 9.76. The van der Waals surface area contributed by atoms with Gasteiger partial charge >= 0.3 is 0 Å². The molecule has 1 aliphatic carbocycles. The molecular formula is C25H28N2O4. The average molecular weight is 421 g/mol. The van der Waals surface area contributed by atoms with Gasteiger partial charge in [-0.3, -0.25) is 9.69 Å². The molecule has 31 heavy (non-hydrogen) atoms. The monoisotopic (exact) mass is 420 g/mol. The predicted octanol–water partition coefficient (Wildman–Crippen LogP) is 3.45. The van der Waals surface area contributed by atoms with Crippen LogP contribution in [0.5, 0.6) is 11.5 Å². The molecule has 0 bridgehead atoms. The summed E-state index contributed by atoms with van der Waals surface area (Å²) in [5.74, 6) is 2.34. The number of β-amino-alcohol motifs (C(OH)–C–C–N with tert-alkyl or cyclic N) is 1. The number of hydrogen-bond acceptors (Lipinski definition) is 5. The molecule has 3 aliphatic rings. The summed E-state index contributed by atoms with van der Waals surface area (Å²) < 4.78 is 11.5. The fraction of sp³-hybridized carbons (Fsp3) is 0.400. The van der Waals surface area contributed by atoms with E-state index in [1.807, 2.05) is 36.4 Å². The number of anilines is 1. The molecule has 5 rings (SSSR count). The molecule has 0 radical (unpaired) electrons. The number of likely N-dealkylation sites (tertiary alicyclic amines) is 1. The van der Waals surface area contributed by atoms with Gasteiger partial charge in [-0.05, 0) is 55.0 Å². The van der Waals surface area contributed by atoms with Crippen LogP contribution in [0.25, 0.3) is 0 Å². The van der Waals surface area contributed by atoms with Crippen molar-refractivity contribution >= 4 is 11.6 Å². The molecular weight excluding hydrogens is 392 g/mol. The van der Waals surface area contributed by atoms with E-state index >= 15 is 0 Å². The van der Waals surface area contributed by atoms with Gasteiger partial charge in [-0.2, -0.15) is 0 Å². The first-order valence-electron chi connectivity index (χ1n) is 11.0. The quantitative estimate of drug-likeness (QED) is 0.744. The van der Waals surface area contributed by atoms with Crippen molar-refractivity contribution in [1.82, 2.24) is 4.90 Å². The average Bonchev–Trinajstić information content (AvgIpc) is 3.46. The topological polar surface area (TPSA) is 62.2 Å². The first kappa shape index (κ1) is 20.1. The SMILES string of the molecule is COc1cc(N2CC=C(Oc3ccc(C4CC4)cc3)C2=O)ccc1CN1CC[C@@H](O)C1. The summed E-state index contributed by atoms with van der Waals surface area (Å²) in [6, 6.07) is 13.9. The van der Waals surface area contributed by atoms with Crippen LogP contribution in [0, 0.1) is 0 Å². The normalized spacial score (nSPS) is 21.5. The molecule has 0 aromatic heterocycles. The summed E-state index contributed by atoms with van der Waals surface area (Å²) in [4.78, 5) is 16.9. The maximum atomic E-state index is 13.0. The lowest BCUT2D eigenvalue weighted by Crippen LogP contribution is -2.28. The number of nitrogens with zero attached hydrogens (tertiary/aromatic N) is 2. The van der Waals surface area contributed by atoms with Crippen LogP contribution >= 0.6 is 0 Å². The van der Waals surface area contributed by atoms with Gasteiger partial charge < -0.3 is 19.5 Å². The highest BCUT2D eigenvalue weighted by molar-refractivity contribution is 6.07. The van der Waals surface area contributed by atoms with E-state index in [0.29, 0.717) is 30.5 Å². The van der Waals surface area contributed by atoms with Crippen molar-refractivity contribution in [3.63, 3.8) is 0 Å². The zero-order chi connectivity index (χ0) is 21.4. The summed E-state index contributed by atoms with van der Waals surface area (Å²) >= 11 is 0. The number of benzene rings is 2. The van der Waals surface area contributed by atoms with Gasteiger partial charge in [-0.15, -0.1) is 0 Å². The molecule has 2 aromatic rings. The van der Waals surface area contributed by atoms with Crippen LogP contribution in [0.2, 0.25) is 0 Å². The van der Waals surface area contributed by atoms with Crippen LogP contribution in [-0.2, 0) is 11.3 Å². The number of ether oxygens (including phenoxy) is 2. The second-order valence-corrected chi connectivity index (χ2v) is 8.60. The van der Waals surface area contributed by atoms with E-state index in [9.17, 15) is 9.90 Å². The molecule has 2 aliphatic heterocycles. The fourth-order valence-electron chi connectivity index (χ4n) is 4.37. The van der Waals surface area contributed by atoms with Gasteiger partial charge in [-0.25, -0.2) is 0 Å². The Morgan fingerprint density at radius 2 is 1.90 bits per heavy atom. The first-order valence-corrected chi connectivity index (χ1v) is 11.0. The van der Waals surface area contributed by atoms with Gasteiger partial charge in [0.05, 0.1) is 13.2 Å². The van der Waals surface area contributed by atoms with Crippen molar-refractivity contribution in [3.8, 4) is 11.5 Å². The van der Waals surface area contributed by atoms with E-state index in [0.717, 1.165) is 36.5 Å². The Morgan fingerprint density at radius 1 is 1.10 bits per heavy atom. The summed E-state index contributed by atoms with van der Waals surface area (Å²) in [5.41, 5.74) is 3.18. The summed E-state index contributed by atoms with van der Waals surface area (Å²) in [6.45, 7) is 2.75. The predicted molar refractivity (Wildman–Crippen MR) is 118 cm³/mol. The summed E-state index contributed by atoms with van der Waals surface area (Å²) in [6.07, 6.45) is 4.91. The largest absolute Gasteiger partial charge is 0.496 e. The molecule has 0 spiro atoms. The Balaban J connectivity index is 1.25. The minimum atomic E-state index is -0.248. The smallest absolute Gasteiger partial charge is 0.294 e. The van der Waals surface area contributed by atoms with E-state index in [-0.39, 0.29) is 12.0 Å². The van der Waals surface area contributed by atoms with Crippen molar-refractivity contribution in [2.75, 3.05) is 31.6 Å². The maximum absolute atomic E-state index is 13.0. The van der Waals surface area contributed by atoms with E-state index in [4.69, 9.17) is 9.47 Å². The molecule has 6 heteroatoms. The molecule has 0 unspecified atom stereocenters. The van der Waals surface area contributed by atoms with Crippen LogP contribution in [-0.4, -0.2) is 48.8 Å². The van der Waals surface area contributed by atoms with Crippen LogP contribution in [0.4, 0.5) is 5.69 Å². The number of amides is 1. The molecule has 2 aromatic carbocycles. The van der Waals surface area contributed by atoms with Gasteiger partial charge in [0.25, 0.3) is 5.91 Å². The molecule has 1 atom stereocenters. The van der Waals surface area contributed by atoms with Gasteiger partial charge in [0.2, 0.25) is 0 Å². The van der Waals surface area contributed by atoms with Gasteiger partial charge in [0, 0.05) is 43.5 Å². The number of methoxy groups -OCH3 is 1. The third-order valence-corrected chi connectivity index (χ3v) is 6.30. The molecule has 1 N–H and O–H groups in total. The number of aliphatic hydroxyl groups is 1. The van der Waals surface area contributed by atoms with Crippen molar-refractivity contribution in [2.24, 2.45) is 0 Å². The molecule has 1 amide bonds. The maximum Gasteiger partial charge on any atom is 0.294 e. The number of aliphatic hydroxyl groups excluding tert-OH is 1. The minimum Gasteiger partial charge on any atom is -0.496 e. The highest BCUT2D eigenvalue weighted by Crippen LogP contribution is 2.40. The van der Waals surface area contributed by atoms with Crippen molar-refractivity contribution in [1.29, 1.82) is 0 Å². The fourth-order valence-corrected chi connectivity index (χ4v) is 4.37. The molecule has 2 heterocycles. The Kier molecular flexibility index (Phi) is 5.42. The minimum absolute atomic E-state index is 0.149. The van der Waals surface area contributed by atoms with Gasteiger partial charge in [0.1, 0.15) is 11.5 Å². The highest BCUT2D eigenvalue weighted by atomic mass is 16.5. The third-order valence-electron chi connectivity index (χ3n) is 6.30. The molecule has 1 saturated heterocycles. The van der Waals surface area contributed by atoms with Crippen LogP contribution in [0.15, 0.2) is 54.3 Å². The van der Waals surface area contributed by atoms with E-state index in [2.05, 4.69) is 17.0 Å². The first-order chi connectivity index (χ1) is 15.1. The lowest BCUT2D eigenvalue weighted by molar-refractivity contribution is -0.116. The Hall–Kier alpha value is -2.83. The third kappa shape index (κ3) is 4.31. The number of carbonyl (C=O) groups excluding carboxylic acids is 1. The Morgan fingerprint density at radius 3 is 2.58 bits per heavy atom. The molecule has 6 nitrogen and oxygen atoms in total. The van der Waals surface area contributed by atoms with Crippen molar-refractivity contribution in [3.05, 3.63) is 65.4 Å². The molecule has 1 saturated carbocycles. The van der Waals surface area contributed by atoms with E-state index < -0.39 is 0 Å². The second-order valence-electron chi connectivity index (χ2n) is 8.60. The van der Waals surface area contributed by atoms with Crippen molar-refractivity contribution in [2.45, 2.75) is 37.8 Å². The summed E-state index contributed by atoms with van der Waals surface area (Å²) in [7, 11) is 1.64. The van der Waals surface area contributed by atoms with Crippen LogP contribution in [0.1, 0.15) is 36.3 Å². The standard InChI is InChI=1S/C25H28N2O4/c1-30-24-14-20(7-4-19(24)15-26-12-10-21(28)16-26)27-13-11-23(25(27)29)31-22-8-5-18(6-9-22)17-2-3-17/h4-9,11,14,17,21,28H,2-3,10,12-13,15-16H2,1H3/t21-/m1/s1. The van der Waals surface area contributed by atoms with E-state index in [1.165, 1.54) is 18.4 Å². The van der Waals surface area contributed by atoms with Gasteiger partial charge in [-0.1, -0.05) is 18.2 Å². The zero-order valence-electron chi connectivity index (χ0n) is 17.8. The lowest BCUT2D eigenvalue weighted by Gasteiger charge is -2.21. The van der Waals surface area contributed by atoms with E-state index in [1.54, 1.807) is 12.0 Å². The van der Waals surface area contributed by atoms with Crippen molar-refractivity contribution < 1.29 is 19.4 Å². The van der Waals surface area contributed by atoms with Gasteiger partial charge in [0.15, 0.2) is 5.76 Å². The molecule has 2 fully saturated rings. The Bertz CT molecular complexity index is 997. The lowest BCUT2D eigenvalue weighted by atomic mass is 10.1. The molecule has 162 valence electrons.